The van der Waals surface area contributed by atoms with Gasteiger partial charge in [-0.05, 0) is 62.9 Å². The minimum Gasteiger partial charge on any atom is -0.376 e. The Morgan fingerprint density at radius 1 is 1.18 bits per heavy atom. The van der Waals surface area contributed by atoms with Crippen LogP contribution in [0.4, 0.5) is 0 Å². The Labute approximate surface area is 104 Å². The number of benzene rings is 1. The number of nitrogens with one attached hydrogen (secondary N) is 1. The highest BCUT2D eigenvalue weighted by molar-refractivity contribution is 5.38. The van der Waals surface area contributed by atoms with Gasteiger partial charge in [0.15, 0.2) is 0 Å². The molecule has 1 heterocycles. The van der Waals surface area contributed by atoms with E-state index in [9.17, 15) is 0 Å². The smallest absolute Gasteiger partial charge is 0.0770 e. The van der Waals surface area contributed by atoms with E-state index in [0.717, 1.165) is 13.0 Å². The lowest BCUT2D eigenvalue weighted by Crippen LogP contribution is -2.29. The second-order valence-electron chi connectivity index (χ2n) is 5.11. The van der Waals surface area contributed by atoms with Crippen molar-refractivity contribution in [3.05, 3.63) is 34.4 Å². The van der Waals surface area contributed by atoms with Crippen LogP contribution in [0.1, 0.15) is 41.1 Å². The fourth-order valence-electron chi connectivity index (χ4n) is 2.73. The van der Waals surface area contributed by atoms with Crippen molar-refractivity contribution in [2.24, 2.45) is 0 Å². The molecule has 2 nitrogen and oxygen atoms in total. The summed E-state index contributed by atoms with van der Waals surface area (Å²) in [4.78, 5) is 0. The Balaban J connectivity index is 2.32. The van der Waals surface area contributed by atoms with Crippen molar-refractivity contribution < 1.29 is 4.74 Å². The maximum Gasteiger partial charge on any atom is 0.0770 e. The summed E-state index contributed by atoms with van der Waals surface area (Å²) in [6.07, 6.45) is 2.69. The van der Waals surface area contributed by atoms with E-state index in [4.69, 9.17) is 4.74 Å². The predicted octanol–water partition coefficient (Wildman–Crippen LogP) is 3.05. The molecule has 1 fully saturated rings. The zero-order valence-corrected chi connectivity index (χ0v) is 11.3. The van der Waals surface area contributed by atoms with Gasteiger partial charge in [-0.25, -0.2) is 0 Å². The molecule has 1 aliphatic heterocycles. The molecule has 0 aliphatic carbocycles. The molecule has 1 aromatic rings. The molecular weight excluding hydrogens is 210 g/mol. The van der Waals surface area contributed by atoms with Gasteiger partial charge in [-0.3, -0.25) is 0 Å². The van der Waals surface area contributed by atoms with Crippen molar-refractivity contribution in [1.29, 1.82) is 0 Å². The third kappa shape index (κ3) is 2.53. The molecule has 0 saturated carbocycles. The first kappa shape index (κ1) is 12.6. The van der Waals surface area contributed by atoms with Gasteiger partial charge in [0, 0.05) is 6.61 Å². The average molecular weight is 233 g/mol. The van der Waals surface area contributed by atoms with Crippen LogP contribution in [-0.2, 0) is 4.74 Å². The minimum atomic E-state index is 0.330. The first-order valence-electron chi connectivity index (χ1n) is 6.50. The quantitative estimate of drug-likeness (QED) is 0.866. The average Bonchev–Trinajstić information content (AvgIpc) is 2.80. The van der Waals surface area contributed by atoms with Crippen LogP contribution in [0.3, 0.4) is 0 Å². The molecule has 0 spiro atoms. The van der Waals surface area contributed by atoms with Crippen LogP contribution in [0.15, 0.2) is 12.1 Å². The van der Waals surface area contributed by atoms with Crippen LogP contribution < -0.4 is 5.32 Å². The monoisotopic (exact) mass is 233 g/mol. The molecular formula is C15H23NO. The van der Waals surface area contributed by atoms with Crippen molar-refractivity contribution in [3.63, 3.8) is 0 Å². The van der Waals surface area contributed by atoms with Crippen molar-refractivity contribution >= 4 is 0 Å². The highest BCUT2D eigenvalue weighted by Crippen LogP contribution is 2.30. The number of likely N-dealkylation sites (N-methyl/N-ethyl adjacent to an activating group) is 1. The van der Waals surface area contributed by atoms with Gasteiger partial charge in [0.2, 0.25) is 0 Å². The second-order valence-corrected chi connectivity index (χ2v) is 5.11. The Morgan fingerprint density at radius 2 is 1.88 bits per heavy atom. The van der Waals surface area contributed by atoms with Crippen LogP contribution in [0.5, 0.6) is 0 Å². The number of ether oxygens (including phenoxy) is 1. The summed E-state index contributed by atoms with van der Waals surface area (Å²) in [7, 11) is 2.03. The van der Waals surface area contributed by atoms with Crippen LogP contribution in [0.25, 0.3) is 0 Å². The van der Waals surface area contributed by atoms with Crippen LogP contribution in [-0.4, -0.2) is 19.8 Å². The van der Waals surface area contributed by atoms with E-state index in [1.807, 2.05) is 7.05 Å². The number of hydrogen-bond donors (Lipinski definition) is 1. The summed E-state index contributed by atoms with van der Waals surface area (Å²) < 4.78 is 5.82. The predicted molar refractivity (Wildman–Crippen MR) is 71.4 cm³/mol. The topological polar surface area (TPSA) is 21.3 Å². The van der Waals surface area contributed by atoms with E-state index in [2.05, 4.69) is 38.2 Å². The van der Waals surface area contributed by atoms with E-state index < -0.39 is 0 Å². The van der Waals surface area contributed by atoms with Crippen LogP contribution in [0.2, 0.25) is 0 Å². The molecule has 2 heteroatoms. The van der Waals surface area contributed by atoms with Crippen molar-refractivity contribution in [2.75, 3.05) is 13.7 Å². The van der Waals surface area contributed by atoms with E-state index >= 15 is 0 Å². The van der Waals surface area contributed by atoms with Gasteiger partial charge in [0.1, 0.15) is 0 Å². The van der Waals surface area contributed by atoms with Crippen molar-refractivity contribution in [2.45, 2.75) is 45.8 Å². The lowest BCUT2D eigenvalue weighted by atomic mass is 9.92. The van der Waals surface area contributed by atoms with Gasteiger partial charge >= 0.3 is 0 Å². The highest BCUT2D eigenvalue weighted by Gasteiger charge is 2.27. The third-order valence-corrected chi connectivity index (χ3v) is 3.87. The second kappa shape index (κ2) is 5.19. The van der Waals surface area contributed by atoms with Crippen molar-refractivity contribution in [1.82, 2.24) is 5.32 Å². The molecule has 0 amide bonds. The summed E-state index contributed by atoms with van der Waals surface area (Å²) in [5, 5.41) is 3.42. The fourth-order valence-corrected chi connectivity index (χ4v) is 2.73. The molecule has 2 unspecified atom stereocenters. The molecule has 94 valence electrons. The fraction of sp³-hybridized carbons (Fsp3) is 0.600. The zero-order chi connectivity index (χ0) is 12.4. The van der Waals surface area contributed by atoms with Gasteiger partial charge in [0.05, 0.1) is 12.1 Å². The number of aryl methyl sites for hydroxylation is 3. The van der Waals surface area contributed by atoms with Gasteiger partial charge in [-0.15, -0.1) is 0 Å². The van der Waals surface area contributed by atoms with E-state index in [-0.39, 0.29) is 0 Å². The van der Waals surface area contributed by atoms with Gasteiger partial charge < -0.3 is 10.1 Å². The summed E-state index contributed by atoms with van der Waals surface area (Å²) in [5.41, 5.74) is 5.49. The normalized spacial score (nSPS) is 21.8. The van der Waals surface area contributed by atoms with E-state index in [1.165, 1.54) is 28.7 Å². The van der Waals surface area contributed by atoms with Crippen LogP contribution in [0, 0.1) is 20.8 Å². The van der Waals surface area contributed by atoms with Crippen molar-refractivity contribution in [3.8, 4) is 0 Å². The standard InChI is InChI=1S/C15H23NO/c1-10-8-12(3)13(9-11(10)2)15(16-4)14-6-5-7-17-14/h8-9,14-16H,5-7H2,1-4H3. The maximum atomic E-state index is 5.82. The zero-order valence-electron chi connectivity index (χ0n) is 11.3. The molecule has 1 saturated heterocycles. The molecule has 1 aliphatic rings. The van der Waals surface area contributed by atoms with Gasteiger partial charge in [-0.1, -0.05) is 12.1 Å². The lowest BCUT2D eigenvalue weighted by Gasteiger charge is -2.25. The summed E-state index contributed by atoms with van der Waals surface area (Å²) in [6.45, 7) is 7.46. The summed E-state index contributed by atoms with van der Waals surface area (Å²) in [5.74, 6) is 0. The highest BCUT2D eigenvalue weighted by atomic mass is 16.5. The summed E-state index contributed by atoms with van der Waals surface area (Å²) >= 11 is 0. The largest absolute Gasteiger partial charge is 0.376 e. The van der Waals surface area contributed by atoms with Gasteiger partial charge in [-0.2, -0.15) is 0 Å². The molecule has 2 atom stereocenters. The van der Waals surface area contributed by atoms with E-state index in [0.29, 0.717) is 12.1 Å². The Hall–Kier alpha value is -0.860. The molecule has 17 heavy (non-hydrogen) atoms. The number of hydrogen-bond acceptors (Lipinski definition) is 2. The Kier molecular flexibility index (Phi) is 3.85. The first-order valence-corrected chi connectivity index (χ1v) is 6.50. The molecule has 0 bridgehead atoms. The molecule has 0 radical (unpaired) electrons. The Morgan fingerprint density at radius 3 is 2.47 bits per heavy atom. The number of rotatable bonds is 3. The van der Waals surface area contributed by atoms with Crippen LogP contribution >= 0.6 is 0 Å². The Bertz CT molecular complexity index is 394. The molecule has 0 aromatic heterocycles. The maximum absolute atomic E-state index is 5.82. The molecule has 2 rings (SSSR count). The lowest BCUT2D eigenvalue weighted by molar-refractivity contribution is 0.0805. The molecule has 1 aromatic carbocycles. The first-order chi connectivity index (χ1) is 8.13. The van der Waals surface area contributed by atoms with E-state index in [1.54, 1.807) is 0 Å². The minimum absolute atomic E-state index is 0.330. The summed E-state index contributed by atoms with van der Waals surface area (Å²) in [6, 6.07) is 4.93. The third-order valence-electron chi connectivity index (χ3n) is 3.87. The molecule has 1 N–H and O–H groups in total. The van der Waals surface area contributed by atoms with Gasteiger partial charge in [0.25, 0.3) is 0 Å². The SMILES string of the molecule is CNC(c1cc(C)c(C)cc1C)C1CCCO1.